The summed E-state index contributed by atoms with van der Waals surface area (Å²) < 4.78 is 0. The third kappa shape index (κ3) is 4.24. The number of aromatic amines is 1. The first kappa shape index (κ1) is 17.1. The van der Waals surface area contributed by atoms with Crippen LogP contribution in [-0.4, -0.2) is 47.7 Å². The van der Waals surface area contributed by atoms with Gasteiger partial charge in [0.05, 0.1) is 5.69 Å². The third-order valence-electron chi connectivity index (χ3n) is 4.24. The molecule has 7 nitrogen and oxygen atoms in total. The lowest BCUT2D eigenvalue weighted by Gasteiger charge is -2.14. The maximum absolute atomic E-state index is 12.2. The van der Waals surface area contributed by atoms with Gasteiger partial charge in [-0.25, -0.2) is 4.98 Å². The van der Waals surface area contributed by atoms with E-state index in [1.54, 1.807) is 0 Å². The molecule has 0 aliphatic carbocycles. The van der Waals surface area contributed by atoms with Crippen LogP contribution in [-0.2, 0) is 0 Å². The Morgan fingerprint density at radius 3 is 2.84 bits per heavy atom. The molecule has 3 rings (SSSR count). The molecule has 2 aromatic rings. The van der Waals surface area contributed by atoms with Gasteiger partial charge >= 0.3 is 0 Å². The van der Waals surface area contributed by atoms with Crippen molar-refractivity contribution in [2.24, 2.45) is 0 Å². The number of aryl methyl sites for hydroxylation is 1. The zero-order valence-corrected chi connectivity index (χ0v) is 14.3. The molecule has 1 aliphatic rings. The van der Waals surface area contributed by atoms with E-state index in [-0.39, 0.29) is 5.56 Å². The van der Waals surface area contributed by atoms with E-state index in [0.717, 1.165) is 43.9 Å². The van der Waals surface area contributed by atoms with Gasteiger partial charge in [0.2, 0.25) is 5.95 Å². The molecule has 130 valence electrons. The normalized spacial score (nSPS) is 14.4. The Labute approximate surface area is 146 Å². The molecule has 1 aromatic heterocycles. The summed E-state index contributed by atoms with van der Waals surface area (Å²) in [5.74, 6) is 0.402. The maximum atomic E-state index is 12.2. The molecule has 1 aliphatic heterocycles. The van der Waals surface area contributed by atoms with Crippen molar-refractivity contribution in [2.75, 3.05) is 38.2 Å². The van der Waals surface area contributed by atoms with Crippen LogP contribution in [0.25, 0.3) is 11.3 Å². The second-order valence-electron chi connectivity index (χ2n) is 6.17. The van der Waals surface area contributed by atoms with Gasteiger partial charge in [0.15, 0.2) is 0 Å². The first-order valence-electron chi connectivity index (χ1n) is 8.46. The number of anilines is 1. The summed E-state index contributed by atoms with van der Waals surface area (Å²) in [4.78, 5) is 21.7. The molecule has 2 heterocycles. The van der Waals surface area contributed by atoms with Crippen molar-refractivity contribution in [3.63, 3.8) is 0 Å². The Kier molecular flexibility index (Phi) is 5.43. The fraction of sp³-hybridized carbons (Fsp3) is 0.389. The summed E-state index contributed by atoms with van der Waals surface area (Å²) in [5, 5.41) is 15.8. The predicted octanol–water partition coefficient (Wildman–Crippen LogP) is 1.28. The molecule has 0 atom stereocenters. The van der Waals surface area contributed by atoms with Crippen LogP contribution in [0, 0.1) is 18.3 Å². The number of rotatable bonds is 6. The van der Waals surface area contributed by atoms with E-state index in [0.29, 0.717) is 18.2 Å². The summed E-state index contributed by atoms with van der Waals surface area (Å²) >= 11 is 0. The van der Waals surface area contributed by atoms with Crippen molar-refractivity contribution >= 4 is 5.95 Å². The molecule has 0 spiro atoms. The van der Waals surface area contributed by atoms with Crippen molar-refractivity contribution in [1.29, 1.82) is 5.26 Å². The molecule has 7 heteroatoms. The van der Waals surface area contributed by atoms with Crippen LogP contribution in [0.1, 0.15) is 17.5 Å². The van der Waals surface area contributed by atoms with Crippen LogP contribution in [0.15, 0.2) is 29.1 Å². The smallest absolute Gasteiger partial charge is 0.270 e. The average molecular weight is 338 g/mol. The van der Waals surface area contributed by atoms with Crippen molar-refractivity contribution in [3.8, 4) is 17.3 Å². The van der Waals surface area contributed by atoms with Gasteiger partial charge in [-0.05, 0) is 13.3 Å². The Bertz CT molecular complexity index is 815. The predicted molar refractivity (Wildman–Crippen MR) is 97.3 cm³/mol. The van der Waals surface area contributed by atoms with E-state index >= 15 is 0 Å². The Hall–Kier alpha value is -2.69. The number of hydrogen-bond donors (Lipinski definition) is 3. The second-order valence-corrected chi connectivity index (χ2v) is 6.17. The summed E-state index contributed by atoms with van der Waals surface area (Å²) in [6.45, 7) is 6.73. The lowest BCUT2D eigenvalue weighted by molar-refractivity contribution is 0.333. The minimum absolute atomic E-state index is 0.0394. The van der Waals surface area contributed by atoms with E-state index in [2.05, 4.69) is 25.5 Å². The zero-order chi connectivity index (χ0) is 17.6. The number of H-pyrrole nitrogens is 1. The second kappa shape index (κ2) is 7.92. The fourth-order valence-electron chi connectivity index (χ4n) is 2.83. The zero-order valence-electron chi connectivity index (χ0n) is 14.3. The molecule has 0 unspecified atom stereocenters. The van der Waals surface area contributed by atoms with E-state index in [9.17, 15) is 10.1 Å². The van der Waals surface area contributed by atoms with E-state index < -0.39 is 5.56 Å². The molecular weight excluding hydrogens is 316 g/mol. The van der Waals surface area contributed by atoms with Gasteiger partial charge in [-0.15, -0.1) is 0 Å². The van der Waals surface area contributed by atoms with Gasteiger partial charge < -0.3 is 10.6 Å². The van der Waals surface area contributed by atoms with Gasteiger partial charge in [-0.2, -0.15) is 5.26 Å². The number of nitrogens with one attached hydrogen (secondary N) is 3. The summed E-state index contributed by atoms with van der Waals surface area (Å²) in [6.07, 6.45) is 0.950. The minimum Gasteiger partial charge on any atom is -0.356 e. The standard InChI is InChI=1S/C18H22N6O/c1-13-3-5-14(6-4-13)16-15(11-19)17(25)23-18(22-16)21-7-2-9-24-10-8-20-12-24/h3-6,20H,2,7-10,12H2,1H3,(H2,21,22,23,25). The summed E-state index contributed by atoms with van der Waals surface area (Å²) in [7, 11) is 0. The number of nitriles is 1. The van der Waals surface area contributed by atoms with Gasteiger partial charge in [0, 0.05) is 38.4 Å². The Morgan fingerprint density at radius 2 is 2.16 bits per heavy atom. The Balaban J connectivity index is 1.73. The van der Waals surface area contributed by atoms with Crippen molar-refractivity contribution in [3.05, 3.63) is 45.7 Å². The van der Waals surface area contributed by atoms with Crippen LogP contribution in [0.4, 0.5) is 5.95 Å². The number of benzene rings is 1. The SMILES string of the molecule is Cc1ccc(-c2nc(NCCCN3CCNC3)[nH]c(=O)c2C#N)cc1. The largest absolute Gasteiger partial charge is 0.356 e. The van der Waals surface area contributed by atoms with Crippen molar-refractivity contribution < 1.29 is 0 Å². The molecule has 3 N–H and O–H groups in total. The molecule has 0 amide bonds. The number of nitrogens with zero attached hydrogens (tertiary/aromatic N) is 3. The molecular formula is C18H22N6O. The minimum atomic E-state index is -0.417. The van der Waals surface area contributed by atoms with Crippen LogP contribution in [0.2, 0.25) is 0 Å². The van der Waals surface area contributed by atoms with E-state index in [4.69, 9.17) is 0 Å². The van der Waals surface area contributed by atoms with E-state index in [1.165, 1.54) is 0 Å². The van der Waals surface area contributed by atoms with Gasteiger partial charge in [0.25, 0.3) is 5.56 Å². The first-order chi connectivity index (χ1) is 12.2. The number of hydrogen-bond acceptors (Lipinski definition) is 6. The molecule has 1 aromatic carbocycles. The lowest BCUT2D eigenvalue weighted by Crippen LogP contribution is -2.25. The number of aromatic nitrogens is 2. The van der Waals surface area contributed by atoms with Crippen LogP contribution in [0.3, 0.4) is 0 Å². The molecule has 0 radical (unpaired) electrons. The third-order valence-corrected chi connectivity index (χ3v) is 4.24. The summed E-state index contributed by atoms with van der Waals surface area (Å²) in [5.41, 5.74) is 1.91. The maximum Gasteiger partial charge on any atom is 0.270 e. The van der Waals surface area contributed by atoms with Crippen molar-refractivity contribution in [2.45, 2.75) is 13.3 Å². The van der Waals surface area contributed by atoms with Gasteiger partial charge in [0.1, 0.15) is 11.6 Å². The molecule has 1 saturated heterocycles. The lowest BCUT2D eigenvalue weighted by atomic mass is 10.1. The topological polar surface area (TPSA) is 96.8 Å². The quantitative estimate of drug-likeness (QED) is 0.687. The average Bonchev–Trinajstić information content (AvgIpc) is 3.12. The highest BCUT2D eigenvalue weighted by Crippen LogP contribution is 2.20. The molecule has 1 fully saturated rings. The highest BCUT2D eigenvalue weighted by atomic mass is 16.1. The van der Waals surface area contributed by atoms with Gasteiger partial charge in [-0.3, -0.25) is 14.7 Å². The van der Waals surface area contributed by atoms with Gasteiger partial charge in [-0.1, -0.05) is 29.8 Å². The molecule has 25 heavy (non-hydrogen) atoms. The summed E-state index contributed by atoms with van der Waals surface area (Å²) in [6, 6.07) is 9.60. The highest BCUT2D eigenvalue weighted by molar-refractivity contribution is 5.67. The molecule has 0 bridgehead atoms. The van der Waals surface area contributed by atoms with Crippen LogP contribution >= 0.6 is 0 Å². The van der Waals surface area contributed by atoms with Crippen LogP contribution in [0.5, 0.6) is 0 Å². The van der Waals surface area contributed by atoms with E-state index in [1.807, 2.05) is 37.3 Å². The fourth-order valence-corrected chi connectivity index (χ4v) is 2.83. The monoisotopic (exact) mass is 338 g/mol. The Morgan fingerprint density at radius 1 is 1.36 bits per heavy atom. The van der Waals surface area contributed by atoms with Crippen molar-refractivity contribution in [1.82, 2.24) is 20.2 Å². The highest BCUT2D eigenvalue weighted by Gasteiger charge is 2.13. The first-order valence-corrected chi connectivity index (χ1v) is 8.46. The van der Waals surface area contributed by atoms with Crippen LogP contribution < -0.4 is 16.2 Å². The molecule has 0 saturated carbocycles.